The molecule has 1 saturated carbocycles. The van der Waals surface area contributed by atoms with Crippen molar-refractivity contribution in [3.05, 3.63) is 24.0 Å². The van der Waals surface area contributed by atoms with Crippen molar-refractivity contribution in [3.63, 3.8) is 0 Å². The molecule has 2 aliphatic rings. The maximum absolute atomic E-state index is 12.6. The highest BCUT2D eigenvalue weighted by Crippen LogP contribution is 2.36. The summed E-state index contributed by atoms with van der Waals surface area (Å²) in [6.45, 7) is 0.175. The molecule has 0 bridgehead atoms. The number of aliphatic hydroxyl groups excluding tert-OH is 1. The van der Waals surface area contributed by atoms with Gasteiger partial charge in [0.1, 0.15) is 11.7 Å². The van der Waals surface area contributed by atoms with E-state index in [4.69, 9.17) is 4.74 Å². The molecule has 2 fully saturated rings. The molecule has 0 radical (unpaired) electrons. The van der Waals surface area contributed by atoms with Gasteiger partial charge < -0.3 is 19.3 Å². The van der Waals surface area contributed by atoms with E-state index in [0.717, 1.165) is 12.8 Å². The average Bonchev–Trinajstić information content (AvgIpc) is 3.04. The van der Waals surface area contributed by atoms with E-state index in [1.165, 1.54) is 12.0 Å². The monoisotopic (exact) mass is 278 g/mol. The number of carbonyl (C=O) groups is 2. The Hall–Kier alpha value is -1.82. The Balaban J connectivity index is 1.84. The number of nitrogens with zero attached hydrogens (tertiary/aromatic N) is 2. The number of methoxy groups -OCH3 is 1. The lowest BCUT2D eigenvalue weighted by molar-refractivity contribution is -0.145. The van der Waals surface area contributed by atoms with Crippen molar-refractivity contribution in [1.82, 2.24) is 9.47 Å². The standard InChI is InChI=1S/C14H18N2O4/c1-20-14(19)12-7-10(17)8-16(12)13(18)11-3-2-6-15(11)9-4-5-9/h2-3,6,9-10,12,17H,4-5,7-8H2,1H3. The number of likely N-dealkylation sites (tertiary alicyclic amines) is 1. The molecule has 2 heterocycles. The van der Waals surface area contributed by atoms with Crippen LogP contribution in [0.2, 0.25) is 0 Å². The van der Waals surface area contributed by atoms with Gasteiger partial charge in [0, 0.05) is 25.2 Å². The van der Waals surface area contributed by atoms with Crippen molar-refractivity contribution < 1.29 is 19.4 Å². The van der Waals surface area contributed by atoms with Crippen LogP contribution in [0.3, 0.4) is 0 Å². The molecular formula is C14H18N2O4. The molecule has 1 aromatic rings. The highest BCUT2D eigenvalue weighted by atomic mass is 16.5. The van der Waals surface area contributed by atoms with Gasteiger partial charge in [0.2, 0.25) is 0 Å². The number of β-amino-alcohol motifs (C(OH)–C–C–N with tert-alkyl or cyclic N) is 1. The highest BCUT2D eigenvalue weighted by Gasteiger charge is 2.41. The molecule has 108 valence electrons. The minimum Gasteiger partial charge on any atom is -0.467 e. The van der Waals surface area contributed by atoms with Crippen LogP contribution in [0.4, 0.5) is 0 Å². The zero-order valence-electron chi connectivity index (χ0n) is 11.4. The van der Waals surface area contributed by atoms with Crippen molar-refractivity contribution in [2.75, 3.05) is 13.7 Å². The number of hydrogen-bond acceptors (Lipinski definition) is 4. The quantitative estimate of drug-likeness (QED) is 0.821. The molecule has 3 rings (SSSR count). The number of esters is 1. The van der Waals surface area contributed by atoms with Crippen LogP contribution in [0.5, 0.6) is 0 Å². The number of rotatable bonds is 3. The van der Waals surface area contributed by atoms with Crippen molar-refractivity contribution >= 4 is 11.9 Å². The van der Waals surface area contributed by atoms with Gasteiger partial charge in [-0.05, 0) is 25.0 Å². The third kappa shape index (κ3) is 2.20. The number of aliphatic hydroxyl groups is 1. The Morgan fingerprint density at radius 3 is 2.80 bits per heavy atom. The van der Waals surface area contributed by atoms with E-state index < -0.39 is 18.1 Å². The van der Waals surface area contributed by atoms with Crippen LogP contribution in [0.25, 0.3) is 0 Å². The van der Waals surface area contributed by atoms with Gasteiger partial charge in [-0.2, -0.15) is 0 Å². The van der Waals surface area contributed by atoms with Gasteiger partial charge in [0.05, 0.1) is 13.2 Å². The molecule has 1 amide bonds. The summed E-state index contributed by atoms with van der Waals surface area (Å²) in [6, 6.07) is 3.31. The van der Waals surface area contributed by atoms with Crippen molar-refractivity contribution in [1.29, 1.82) is 0 Å². The van der Waals surface area contributed by atoms with Gasteiger partial charge in [0.25, 0.3) is 5.91 Å². The third-order valence-corrected chi connectivity index (χ3v) is 3.95. The normalized spacial score (nSPS) is 25.8. The van der Waals surface area contributed by atoms with Gasteiger partial charge in [0.15, 0.2) is 0 Å². The average molecular weight is 278 g/mol. The molecule has 0 aromatic carbocycles. The Bertz CT molecular complexity index is 535. The number of amides is 1. The summed E-state index contributed by atoms with van der Waals surface area (Å²) in [4.78, 5) is 25.8. The molecule has 1 aliphatic heterocycles. The summed E-state index contributed by atoms with van der Waals surface area (Å²) in [6.07, 6.45) is 3.62. The topological polar surface area (TPSA) is 71.8 Å². The van der Waals surface area contributed by atoms with Crippen LogP contribution in [0, 0.1) is 0 Å². The van der Waals surface area contributed by atoms with Crippen molar-refractivity contribution in [3.8, 4) is 0 Å². The van der Waals surface area contributed by atoms with E-state index in [0.29, 0.717) is 11.7 Å². The largest absolute Gasteiger partial charge is 0.467 e. The molecule has 0 spiro atoms. The third-order valence-electron chi connectivity index (χ3n) is 3.95. The van der Waals surface area contributed by atoms with Crippen molar-refractivity contribution in [2.24, 2.45) is 0 Å². The fourth-order valence-corrected chi connectivity index (χ4v) is 2.79. The molecule has 1 saturated heterocycles. The first-order chi connectivity index (χ1) is 9.61. The lowest BCUT2D eigenvalue weighted by Crippen LogP contribution is -2.41. The minimum atomic E-state index is -0.690. The van der Waals surface area contributed by atoms with E-state index in [-0.39, 0.29) is 18.9 Å². The van der Waals surface area contributed by atoms with Gasteiger partial charge in [-0.1, -0.05) is 0 Å². The predicted octanol–water partition coefficient (Wildman–Crippen LogP) is 0.571. The van der Waals surface area contributed by atoms with E-state index in [9.17, 15) is 14.7 Å². The summed E-state index contributed by atoms with van der Waals surface area (Å²) in [7, 11) is 1.29. The second-order valence-corrected chi connectivity index (χ2v) is 5.42. The molecule has 2 unspecified atom stereocenters. The number of carbonyl (C=O) groups excluding carboxylic acids is 2. The second-order valence-electron chi connectivity index (χ2n) is 5.42. The molecule has 1 aliphatic carbocycles. The minimum absolute atomic E-state index is 0.175. The Morgan fingerprint density at radius 2 is 2.15 bits per heavy atom. The SMILES string of the molecule is COC(=O)C1CC(O)CN1C(=O)c1cccn1C1CC1. The summed E-state index contributed by atoms with van der Waals surface area (Å²) in [5, 5.41) is 9.74. The van der Waals surface area contributed by atoms with E-state index >= 15 is 0 Å². The van der Waals surface area contributed by atoms with Crippen LogP contribution < -0.4 is 0 Å². The fourth-order valence-electron chi connectivity index (χ4n) is 2.79. The first kappa shape index (κ1) is 13.2. The highest BCUT2D eigenvalue weighted by molar-refractivity contribution is 5.96. The van der Waals surface area contributed by atoms with Crippen LogP contribution in [0.1, 0.15) is 35.8 Å². The second kappa shape index (κ2) is 4.94. The van der Waals surface area contributed by atoms with E-state index in [2.05, 4.69) is 0 Å². The Kier molecular flexibility index (Phi) is 3.25. The number of aromatic nitrogens is 1. The molecule has 6 heteroatoms. The molecule has 1 N–H and O–H groups in total. The van der Waals surface area contributed by atoms with Crippen LogP contribution in [-0.4, -0.2) is 52.3 Å². The maximum atomic E-state index is 12.6. The zero-order valence-corrected chi connectivity index (χ0v) is 11.4. The number of hydrogen-bond donors (Lipinski definition) is 1. The summed E-state index contributed by atoms with van der Waals surface area (Å²) in [5.74, 6) is -0.687. The maximum Gasteiger partial charge on any atom is 0.328 e. The molecule has 20 heavy (non-hydrogen) atoms. The fraction of sp³-hybridized carbons (Fsp3) is 0.571. The smallest absolute Gasteiger partial charge is 0.328 e. The van der Waals surface area contributed by atoms with Gasteiger partial charge >= 0.3 is 5.97 Å². The molecule has 1 aromatic heterocycles. The predicted molar refractivity (Wildman–Crippen MR) is 70.2 cm³/mol. The lowest BCUT2D eigenvalue weighted by Gasteiger charge is -2.23. The van der Waals surface area contributed by atoms with Gasteiger partial charge in [-0.15, -0.1) is 0 Å². The first-order valence-corrected chi connectivity index (χ1v) is 6.85. The van der Waals surface area contributed by atoms with Crippen LogP contribution in [0.15, 0.2) is 18.3 Å². The van der Waals surface area contributed by atoms with E-state index in [1.54, 1.807) is 6.07 Å². The number of ether oxygens (including phenoxy) is 1. The summed E-state index contributed by atoms with van der Waals surface area (Å²) in [5.41, 5.74) is 0.579. The van der Waals surface area contributed by atoms with Crippen LogP contribution in [-0.2, 0) is 9.53 Å². The lowest BCUT2D eigenvalue weighted by atomic mass is 10.2. The van der Waals surface area contributed by atoms with Crippen LogP contribution >= 0.6 is 0 Å². The molecular weight excluding hydrogens is 260 g/mol. The van der Waals surface area contributed by atoms with Gasteiger partial charge in [-0.25, -0.2) is 4.79 Å². The van der Waals surface area contributed by atoms with E-state index in [1.807, 2.05) is 16.8 Å². The van der Waals surface area contributed by atoms with Crippen molar-refractivity contribution in [2.45, 2.75) is 37.5 Å². The summed E-state index contributed by atoms with van der Waals surface area (Å²) < 4.78 is 6.68. The zero-order chi connectivity index (χ0) is 14.3. The molecule has 2 atom stereocenters. The molecule has 6 nitrogen and oxygen atoms in total. The summed E-state index contributed by atoms with van der Waals surface area (Å²) >= 11 is 0. The Labute approximate surface area is 116 Å². The van der Waals surface area contributed by atoms with Gasteiger partial charge in [-0.3, -0.25) is 4.79 Å². The first-order valence-electron chi connectivity index (χ1n) is 6.85. The Morgan fingerprint density at radius 1 is 1.40 bits per heavy atom.